The first-order valence-corrected chi connectivity index (χ1v) is 7.94. The summed E-state index contributed by atoms with van der Waals surface area (Å²) in [4.78, 5) is 11.9. The van der Waals surface area contributed by atoms with E-state index in [9.17, 15) is 4.79 Å². The lowest BCUT2D eigenvalue weighted by Crippen LogP contribution is -2.19. The van der Waals surface area contributed by atoms with E-state index in [1.165, 1.54) is 0 Å². The minimum atomic E-state index is -0.305. The minimum Gasteiger partial charge on any atom is -0.408 e. The standard InChI is InChI=1S/C16H20ClNO3/c1-3-7-18-12-5-4-11(9-13(12)21-16(18)19)14(17)15-10(2)6-8-20-15/h4-5,9-10,14-15H,3,6-8H2,1-2H3. The van der Waals surface area contributed by atoms with Crippen LogP contribution in [0.15, 0.2) is 27.4 Å². The third kappa shape index (κ3) is 2.62. The number of nitrogens with zero attached hydrogens (tertiary/aromatic N) is 1. The molecule has 0 amide bonds. The van der Waals surface area contributed by atoms with Crippen LogP contribution in [0.3, 0.4) is 0 Å². The zero-order valence-electron chi connectivity index (χ0n) is 12.3. The molecule has 3 unspecified atom stereocenters. The first-order valence-electron chi connectivity index (χ1n) is 7.50. The van der Waals surface area contributed by atoms with Crippen molar-refractivity contribution in [1.82, 2.24) is 4.57 Å². The van der Waals surface area contributed by atoms with Gasteiger partial charge in [0.25, 0.3) is 0 Å². The Morgan fingerprint density at radius 3 is 2.95 bits per heavy atom. The Morgan fingerprint density at radius 1 is 1.48 bits per heavy atom. The third-order valence-electron chi connectivity index (χ3n) is 4.19. The van der Waals surface area contributed by atoms with Crippen LogP contribution in [0.5, 0.6) is 0 Å². The molecule has 5 heteroatoms. The van der Waals surface area contributed by atoms with Crippen molar-refractivity contribution < 1.29 is 9.15 Å². The number of alkyl halides is 1. The molecule has 1 aromatic carbocycles. The number of aromatic nitrogens is 1. The second-order valence-corrected chi connectivity index (χ2v) is 6.22. The van der Waals surface area contributed by atoms with Crippen LogP contribution in [0.1, 0.15) is 37.6 Å². The molecular formula is C16H20ClNO3. The van der Waals surface area contributed by atoms with Crippen molar-refractivity contribution in [3.63, 3.8) is 0 Å². The Labute approximate surface area is 128 Å². The van der Waals surface area contributed by atoms with Crippen molar-refractivity contribution in [3.05, 3.63) is 34.3 Å². The summed E-state index contributed by atoms with van der Waals surface area (Å²) in [6.45, 7) is 5.62. The highest BCUT2D eigenvalue weighted by atomic mass is 35.5. The van der Waals surface area contributed by atoms with E-state index in [0.717, 1.165) is 30.5 Å². The first kappa shape index (κ1) is 14.7. The number of halogens is 1. The molecule has 1 saturated heterocycles. The van der Waals surface area contributed by atoms with Crippen LogP contribution >= 0.6 is 11.6 Å². The molecule has 21 heavy (non-hydrogen) atoms. The van der Waals surface area contributed by atoms with E-state index in [0.29, 0.717) is 18.0 Å². The van der Waals surface area contributed by atoms with Gasteiger partial charge in [-0.15, -0.1) is 11.6 Å². The quantitative estimate of drug-likeness (QED) is 0.809. The van der Waals surface area contributed by atoms with Crippen LogP contribution in [-0.4, -0.2) is 17.3 Å². The summed E-state index contributed by atoms with van der Waals surface area (Å²) in [5.74, 6) is 0.139. The Kier molecular flexibility index (Phi) is 4.09. The van der Waals surface area contributed by atoms with Gasteiger partial charge >= 0.3 is 5.76 Å². The number of hydrogen-bond donors (Lipinski definition) is 0. The van der Waals surface area contributed by atoms with Gasteiger partial charge in [0.1, 0.15) is 0 Å². The summed E-state index contributed by atoms with van der Waals surface area (Å²) < 4.78 is 12.7. The normalized spacial score (nSPS) is 23.8. The summed E-state index contributed by atoms with van der Waals surface area (Å²) in [7, 11) is 0. The summed E-state index contributed by atoms with van der Waals surface area (Å²) in [5.41, 5.74) is 2.37. The van der Waals surface area contributed by atoms with Crippen molar-refractivity contribution in [3.8, 4) is 0 Å². The van der Waals surface area contributed by atoms with E-state index < -0.39 is 0 Å². The van der Waals surface area contributed by atoms with Gasteiger partial charge in [0, 0.05) is 13.2 Å². The van der Waals surface area contributed by atoms with E-state index in [4.69, 9.17) is 20.8 Å². The Bertz CT molecular complexity index is 690. The molecule has 1 aliphatic rings. The van der Waals surface area contributed by atoms with Gasteiger partial charge in [-0.2, -0.15) is 0 Å². The molecular weight excluding hydrogens is 290 g/mol. The van der Waals surface area contributed by atoms with E-state index in [1.807, 2.05) is 25.1 Å². The van der Waals surface area contributed by atoms with E-state index >= 15 is 0 Å². The third-order valence-corrected chi connectivity index (χ3v) is 4.69. The van der Waals surface area contributed by atoms with Crippen LogP contribution in [0.2, 0.25) is 0 Å². The van der Waals surface area contributed by atoms with Gasteiger partial charge < -0.3 is 9.15 Å². The van der Waals surface area contributed by atoms with Gasteiger partial charge in [-0.25, -0.2) is 4.79 Å². The molecule has 0 spiro atoms. The predicted molar refractivity (Wildman–Crippen MR) is 82.9 cm³/mol. The topological polar surface area (TPSA) is 44.4 Å². The minimum absolute atomic E-state index is 0.0218. The highest BCUT2D eigenvalue weighted by Gasteiger charge is 2.32. The molecule has 0 radical (unpaired) electrons. The van der Waals surface area contributed by atoms with Gasteiger partial charge in [-0.1, -0.05) is 19.9 Å². The highest BCUT2D eigenvalue weighted by Crippen LogP contribution is 2.36. The summed E-state index contributed by atoms with van der Waals surface area (Å²) >= 11 is 6.56. The Hall–Kier alpha value is -1.26. The van der Waals surface area contributed by atoms with Crippen molar-refractivity contribution in [2.75, 3.05) is 6.61 Å². The van der Waals surface area contributed by atoms with E-state index in [1.54, 1.807) is 4.57 Å². The lowest BCUT2D eigenvalue weighted by atomic mass is 9.97. The SMILES string of the molecule is CCCn1c(=O)oc2cc(C(Cl)C3OCCC3C)ccc21. The Balaban J connectivity index is 1.96. The van der Waals surface area contributed by atoms with E-state index in [-0.39, 0.29) is 17.2 Å². The fourth-order valence-electron chi connectivity index (χ4n) is 2.97. The molecule has 2 heterocycles. The average Bonchev–Trinajstić information content (AvgIpc) is 3.02. The van der Waals surface area contributed by atoms with Crippen LogP contribution < -0.4 is 5.76 Å². The molecule has 4 nitrogen and oxygen atoms in total. The molecule has 1 aromatic heterocycles. The van der Waals surface area contributed by atoms with Crippen LogP contribution in [0.4, 0.5) is 0 Å². The zero-order valence-corrected chi connectivity index (χ0v) is 13.1. The monoisotopic (exact) mass is 309 g/mol. The van der Waals surface area contributed by atoms with Gasteiger partial charge in [0.05, 0.1) is 17.0 Å². The summed E-state index contributed by atoms with van der Waals surface area (Å²) in [6, 6.07) is 5.75. The summed E-state index contributed by atoms with van der Waals surface area (Å²) in [6.07, 6.45) is 1.95. The number of hydrogen-bond acceptors (Lipinski definition) is 3. The smallest absolute Gasteiger partial charge is 0.408 e. The van der Waals surface area contributed by atoms with Gasteiger partial charge in [0.15, 0.2) is 5.58 Å². The van der Waals surface area contributed by atoms with Crippen LogP contribution in [0.25, 0.3) is 11.1 Å². The fourth-order valence-corrected chi connectivity index (χ4v) is 3.43. The van der Waals surface area contributed by atoms with Crippen LogP contribution in [-0.2, 0) is 11.3 Å². The molecule has 1 aliphatic heterocycles. The lowest BCUT2D eigenvalue weighted by molar-refractivity contribution is 0.0903. The van der Waals surface area contributed by atoms with Crippen molar-refractivity contribution >= 4 is 22.7 Å². The molecule has 3 atom stereocenters. The fraction of sp³-hybridized carbons (Fsp3) is 0.562. The molecule has 0 bridgehead atoms. The number of aryl methyl sites for hydroxylation is 1. The first-order chi connectivity index (χ1) is 10.1. The van der Waals surface area contributed by atoms with Crippen molar-refractivity contribution in [1.29, 1.82) is 0 Å². The maximum atomic E-state index is 11.9. The van der Waals surface area contributed by atoms with Crippen molar-refractivity contribution in [2.45, 2.75) is 44.7 Å². The molecule has 0 aliphatic carbocycles. The van der Waals surface area contributed by atoms with Gasteiger partial charge in [0.2, 0.25) is 0 Å². The molecule has 114 valence electrons. The lowest BCUT2D eigenvalue weighted by Gasteiger charge is -2.20. The van der Waals surface area contributed by atoms with E-state index in [2.05, 4.69) is 6.92 Å². The van der Waals surface area contributed by atoms with Crippen LogP contribution in [0, 0.1) is 5.92 Å². The maximum absolute atomic E-state index is 11.9. The number of oxazole rings is 1. The molecule has 0 N–H and O–H groups in total. The Morgan fingerprint density at radius 2 is 2.29 bits per heavy atom. The largest absolute Gasteiger partial charge is 0.419 e. The zero-order chi connectivity index (χ0) is 15.0. The average molecular weight is 310 g/mol. The second kappa shape index (κ2) is 5.85. The van der Waals surface area contributed by atoms with Gasteiger partial charge in [-0.05, 0) is 36.5 Å². The van der Waals surface area contributed by atoms with Crippen molar-refractivity contribution in [2.24, 2.45) is 5.92 Å². The second-order valence-electron chi connectivity index (χ2n) is 5.75. The predicted octanol–water partition coefficient (Wildman–Crippen LogP) is 3.71. The number of fused-ring (bicyclic) bond motifs is 1. The molecule has 0 saturated carbocycles. The number of rotatable bonds is 4. The molecule has 2 aromatic rings. The number of benzene rings is 1. The highest BCUT2D eigenvalue weighted by molar-refractivity contribution is 6.21. The summed E-state index contributed by atoms with van der Waals surface area (Å²) in [5, 5.41) is -0.216. The molecule has 1 fully saturated rings. The number of ether oxygens (including phenoxy) is 1. The maximum Gasteiger partial charge on any atom is 0.419 e. The van der Waals surface area contributed by atoms with Gasteiger partial charge in [-0.3, -0.25) is 4.57 Å². The molecule has 3 rings (SSSR count).